The summed E-state index contributed by atoms with van der Waals surface area (Å²) in [4.78, 5) is 10.0. The summed E-state index contributed by atoms with van der Waals surface area (Å²) >= 11 is 0. The summed E-state index contributed by atoms with van der Waals surface area (Å²) in [5.74, 6) is 0. The van der Waals surface area contributed by atoms with Gasteiger partial charge in [-0.05, 0) is 18.9 Å². The third kappa shape index (κ3) is 2.93. The Balaban J connectivity index is 0.000000132. The highest BCUT2D eigenvalue weighted by Gasteiger charge is 2.54. The number of piperazine rings is 2. The number of benzene rings is 1. The van der Waals surface area contributed by atoms with Gasteiger partial charge in [0.25, 0.3) is 0 Å². The molecule has 1 aromatic rings. The number of nitrogens with one attached hydrogen (secondary N) is 1. The lowest BCUT2D eigenvalue weighted by molar-refractivity contribution is -0.929. The number of hydrogen-bond acceptors (Lipinski definition) is 3. The quantitative estimate of drug-likeness (QED) is 0.787. The van der Waals surface area contributed by atoms with Gasteiger partial charge < -0.3 is 4.90 Å². The van der Waals surface area contributed by atoms with Crippen LogP contribution in [0.5, 0.6) is 0 Å². The van der Waals surface area contributed by atoms with Gasteiger partial charge in [0.2, 0.25) is 0 Å². The molecular weight excluding hydrogens is 284 g/mol. The summed E-state index contributed by atoms with van der Waals surface area (Å²) in [5.41, 5.74) is 2.78. The molecule has 4 heterocycles. The predicted octanol–water partition coefficient (Wildman–Crippen LogP) is 0.0413. The fourth-order valence-corrected chi connectivity index (χ4v) is 4.87. The molecule has 0 aromatic heterocycles. The highest BCUT2D eigenvalue weighted by Crippen LogP contribution is 2.25. The van der Waals surface area contributed by atoms with E-state index in [0.29, 0.717) is 0 Å². The van der Waals surface area contributed by atoms with Crippen LogP contribution in [0.25, 0.3) is 0 Å². The van der Waals surface area contributed by atoms with Crippen LogP contribution in [0.15, 0.2) is 24.3 Å². The van der Waals surface area contributed by atoms with Crippen molar-refractivity contribution >= 4 is 0 Å². The maximum Gasteiger partial charge on any atom is 0.173 e. The largest absolute Gasteiger partial charge is 0.315 e. The molecule has 0 saturated carbocycles. The summed E-state index contributed by atoms with van der Waals surface area (Å²) in [6.07, 6.45) is 2.73. The predicted molar refractivity (Wildman–Crippen MR) is 93.5 cm³/mol. The van der Waals surface area contributed by atoms with Gasteiger partial charge in [-0.25, -0.2) is 4.90 Å². The average Bonchev–Trinajstić information content (AvgIpc) is 3.17. The summed E-state index contributed by atoms with van der Waals surface area (Å²) in [6.45, 7) is 15.0. The second kappa shape index (κ2) is 6.52. The van der Waals surface area contributed by atoms with Gasteiger partial charge in [-0.3, -0.25) is 9.80 Å². The van der Waals surface area contributed by atoms with Crippen molar-refractivity contribution in [2.75, 3.05) is 52.4 Å². The molecule has 0 spiro atoms. The summed E-state index contributed by atoms with van der Waals surface area (Å²) in [7, 11) is 0. The first kappa shape index (κ1) is 15.6. The van der Waals surface area contributed by atoms with Crippen molar-refractivity contribution in [1.29, 1.82) is 0 Å². The molecule has 1 N–H and O–H groups in total. The molecular formula is C19H31N4+. The molecule has 5 rings (SSSR count). The first-order chi connectivity index (χ1) is 11.3. The fraction of sp³-hybridized carbons (Fsp3) is 0.684. The lowest BCUT2D eigenvalue weighted by atomic mass is 10.1. The van der Waals surface area contributed by atoms with Crippen LogP contribution in [0, 0.1) is 6.92 Å². The zero-order chi connectivity index (χ0) is 15.8. The molecule has 3 atom stereocenters. The van der Waals surface area contributed by atoms with Crippen molar-refractivity contribution in [2.45, 2.75) is 32.6 Å². The average molecular weight is 315 g/mol. The Labute approximate surface area is 140 Å². The van der Waals surface area contributed by atoms with E-state index in [1.165, 1.54) is 63.5 Å². The molecule has 126 valence electrons. The molecule has 0 radical (unpaired) electrons. The number of nitrogens with zero attached hydrogens (tertiary/aromatic N) is 3. The Kier molecular flexibility index (Phi) is 4.41. The molecule has 4 heteroatoms. The molecule has 4 aliphatic rings. The monoisotopic (exact) mass is 315 g/mol. The van der Waals surface area contributed by atoms with Crippen LogP contribution >= 0.6 is 0 Å². The van der Waals surface area contributed by atoms with Crippen LogP contribution in [0.2, 0.25) is 0 Å². The van der Waals surface area contributed by atoms with Gasteiger partial charge in [0.1, 0.15) is 6.17 Å². The van der Waals surface area contributed by atoms with Crippen molar-refractivity contribution in [3.05, 3.63) is 35.4 Å². The van der Waals surface area contributed by atoms with E-state index in [-0.39, 0.29) is 0 Å². The second-order valence-electron chi connectivity index (χ2n) is 7.47. The molecule has 0 aliphatic carbocycles. The van der Waals surface area contributed by atoms with E-state index in [4.69, 9.17) is 0 Å². The maximum atomic E-state index is 2.73. The Hall–Kier alpha value is -0.940. The highest BCUT2D eigenvalue weighted by molar-refractivity contribution is 5.21. The maximum absolute atomic E-state index is 2.73. The highest BCUT2D eigenvalue weighted by atomic mass is 15.6. The van der Waals surface area contributed by atoms with Gasteiger partial charge in [0.15, 0.2) is 6.17 Å². The minimum Gasteiger partial charge on any atom is -0.315 e. The van der Waals surface area contributed by atoms with Crippen molar-refractivity contribution in [2.24, 2.45) is 0 Å². The molecule has 23 heavy (non-hydrogen) atoms. The Morgan fingerprint density at radius 1 is 0.957 bits per heavy atom. The van der Waals surface area contributed by atoms with Crippen LogP contribution < -0.4 is 4.90 Å². The van der Waals surface area contributed by atoms with Crippen LogP contribution in [-0.2, 0) is 6.42 Å². The summed E-state index contributed by atoms with van der Waals surface area (Å²) in [6, 6.07) is 8.61. The number of hydrogen-bond donors (Lipinski definition) is 1. The molecule has 0 bridgehead atoms. The first-order valence-electron chi connectivity index (χ1n) is 9.38. The summed E-state index contributed by atoms with van der Waals surface area (Å²) < 4.78 is 0. The normalized spacial score (nSPS) is 33.2. The SMILES string of the molecule is C1CN2CC[NH+]3CCN4CCN1C2C43.CCc1cccc(C)c1. The van der Waals surface area contributed by atoms with Crippen molar-refractivity contribution in [3.63, 3.8) is 0 Å². The van der Waals surface area contributed by atoms with E-state index in [0.717, 1.165) is 18.8 Å². The minimum absolute atomic E-state index is 0.773. The van der Waals surface area contributed by atoms with Crippen molar-refractivity contribution in [1.82, 2.24) is 14.7 Å². The molecule has 3 unspecified atom stereocenters. The molecule has 4 nitrogen and oxygen atoms in total. The van der Waals surface area contributed by atoms with Crippen molar-refractivity contribution < 1.29 is 4.90 Å². The number of aryl methyl sites for hydroxylation is 2. The molecule has 4 fully saturated rings. The Morgan fingerprint density at radius 3 is 2.26 bits per heavy atom. The topological polar surface area (TPSA) is 14.2 Å². The van der Waals surface area contributed by atoms with E-state index in [2.05, 4.69) is 52.8 Å². The molecule has 4 saturated heterocycles. The van der Waals surface area contributed by atoms with Crippen LogP contribution in [0.3, 0.4) is 0 Å². The molecule has 0 amide bonds. The fourth-order valence-electron chi connectivity index (χ4n) is 4.87. The van der Waals surface area contributed by atoms with Crippen molar-refractivity contribution in [3.8, 4) is 0 Å². The standard InChI is InChI=1S/C10H18N4.C9H12/c1-2-12-7-8-14-4-3-13-6-5-11(1)9(12)10(13)14;1-3-9-6-4-5-8(2)7-9/h9-10H,1-8H2;4-7H,3H2,1-2H3/p+1. The minimum atomic E-state index is 0.773. The summed E-state index contributed by atoms with van der Waals surface area (Å²) in [5, 5.41) is 0. The second-order valence-corrected chi connectivity index (χ2v) is 7.47. The molecule has 1 aromatic carbocycles. The molecule has 4 aliphatic heterocycles. The zero-order valence-corrected chi connectivity index (χ0v) is 14.7. The van der Waals surface area contributed by atoms with Gasteiger partial charge in [-0.15, -0.1) is 0 Å². The zero-order valence-electron chi connectivity index (χ0n) is 14.7. The van der Waals surface area contributed by atoms with E-state index in [9.17, 15) is 0 Å². The third-order valence-electron chi connectivity index (χ3n) is 6.12. The number of rotatable bonds is 1. The van der Waals surface area contributed by atoms with E-state index >= 15 is 0 Å². The smallest absolute Gasteiger partial charge is 0.173 e. The van der Waals surface area contributed by atoms with Gasteiger partial charge in [-0.2, -0.15) is 0 Å². The van der Waals surface area contributed by atoms with E-state index in [1.54, 1.807) is 0 Å². The first-order valence-corrected chi connectivity index (χ1v) is 9.38. The van der Waals surface area contributed by atoms with Gasteiger partial charge in [-0.1, -0.05) is 36.8 Å². The third-order valence-corrected chi connectivity index (χ3v) is 6.12. The van der Waals surface area contributed by atoms with Gasteiger partial charge >= 0.3 is 0 Å². The lowest BCUT2D eigenvalue weighted by Crippen LogP contribution is -3.19. The van der Waals surface area contributed by atoms with Gasteiger partial charge in [0, 0.05) is 32.7 Å². The van der Waals surface area contributed by atoms with Crippen LogP contribution in [0.1, 0.15) is 18.1 Å². The van der Waals surface area contributed by atoms with Gasteiger partial charge in [0.05, 0.1) is 19.6 Å². The Bertz CT molecular complexity index is 496. The van der Waals surface area contributed by atoms with Crippen LogP contribution in [0.4, 0.5) is 0 Å². The number of quaternary nitrogens is 1. The van der Waals surface area contributed by atoms with Crippen LogP contribution in [-0.4, -0.2) is 79.4 Å². The Morgan fingerprint density at radius 2 is 1.61 bits per heavy atom. The lowest BCUT2D eigenvalue weighted by Gasteiger charge is -2.46. The van der Waals surface area contributed by atoms with E-state index < -0.39 is 0 Å². The van der Waals surface area contributed by atoms with E-state index in [1.807, 2.05) is 4.90 Å².